The van der Waals surface area contributed by atoms with E-state index < -0.39 is 15.6 Å². The summed E-state index contributed by atoms with van der Waals surface area (Å²) in [6, 6.07) is 12.0. The van der Waals surface area contributed by atoms with Crippen molar-refractivity contribution in [2.45, 2.75) is 43.9 Å². The quantitative estimate of drug-likeness (QED) is 0.423. The number of halogens is 1. The molecule has 6 nitrogen and oxygen atoms in total. The van der Waals surface area contributed by atoms with Crippen LogP contribution in [-0.4, -0.2) is 15.0 Å². The molecule has 0 saturated heterocycles. The summed E-state index contributed by atoms with van der Waals surface area (Å²) in [6.45, 7) is 2.39. The van der Waals surface area contributed by atoms with Gasteiger partial charge in [-0.3, -0.25) is 4.72 Å². The summed E-state index contributed by atoms with van der Waals surface area (Å²) in [5.41, 5.74) is 0.654. The molecule has 31 heavy (non-hydrogen) atoms. The van der Waals surface area contributed by atoms with Crippen LogP contribution in [0.25, 0.3) is 11.0 Å². The zero-order valence-electron chi connectivity index (χ0n) is 17.3. The average molecular weight is 505 g/mol. The van der Waals surface area contributed by atoms with Crippen molar-refractivity contribution in [2.24, 2.45) is 5.92 Å². The first kappa shape index (κ1) is 21.9. The Morgan fingerprint density at radius 2 is 1.81 bits per heavy atom. The van der Waals surface area contributed by atoms with Gasteiger partial charge in [-0.15, -0.1) is 0 Å². The van der Waals surface area contributed by atoms with Crippen molar-refractivity contribution in [3.8, 4) is 0 Å². The van der Waals surface area contributed by atoms with Gasteiger partial charge in [0.05, 0.1) is 10.6 Å². The molecule has 1 saturated carbocycles. The van der Waals surface area contributed by atoms with E-state index in [9.17, 15) is 13.2 Å². The van der Waals surface area contributed by atoms with Gasteiger partial charge in [-0.25, -0.2) is 13.2 Å². The van der Waals surface area contributed by atoms with Crippen LogP contribution >= 0.6 is 15.9 Å². The molecule has 0 unspecified atom stereocenters. The van der Waals surface area contributed by atoms with Crippen LogP contribution in [0.5, 0.6) is 0 Å². The summed E-state index contributed by atoms with van der Waals surface area (Å²) >= 11 is 3.35. The molecule has 0 aliphatic heterocycles. The minimum absolute atomic E-state index is 0.0863. The number of hydrogen-bond acceptors (Lipinski definition) is 5. The molecule has 1 heterocycles. The molecule has 1 aliphatic rings. The molecule has 1 fully saturated rings. The van der Waals surface area contributed by atoms with Gasteiger partial charge in [-0.05, 0) is 61.6 Å². The number of hydrogen-bond donors (Lipinski definition) is 2. The van der Waals surface area contributed by atoms with Crippen LogP contribution < -0.4 is 15.7 Å². The molecule has 0 spiro atoms. The third-order valence-electron chi connectivity index (χ3n) is 5.77. The summed E-state index contributed by atoms with van der Waals surface area (Å²) in [5, 5.41) is 4.04. The highest BCUT2D eigenvalue weighted by atomic mass is 79.9. The highest BCUT2D eigenvalue weighted by Gasteiger charge is 2.24. The number of sulfonamides is 1. The minimum Gasteiger partial charge on any atom is -0.421 e. The second kappa shape index (κ2) is 9.04. The highest BCUT2D eigenvalue weighted by Crippen LogP contribution is 2.32. The zero-order valence-corrected chi connectivity index (χ0v) is 19.7. The molecule has 3 aromatic rings. The minimum atomic E-state index is -3.99. The summed E-state index contributed by atoms with van der Waals surface area (Å²) < 4.78 is 35.0. The molecule has 2 N–H and O–H groups in total. The van der Waals surface area contributed by atoms with Crippen LogP contribution in [0.1, 0.15) is 37.7 Å². The van der Waals surface area contributed by atoms with Gasteiger partial charge in [0.2, 0.25) is 0 Å². The number of para-hydroxylation sites is 1. The van der Waals surface area contributed by atoms with E-state index in [1.54, 1.807) is 31.2 Å². The van der Waals surface area contributed by atoms with Crippen molar-refractivity contribution in [1.82, 2.24) is 0 Å². The number of benzene rings is 2. The van der Waals surface area contributed by atoms with Gasteiger partial charge in [0.15, 0.2) is 5.69 Å². The second-order valence-electron chi connectivity index (χ2n) is 8.04. The third kappa shape index (κ3) is 4.80. The van der Waals surface area contributed by atoms with Crippen LogP contribution in [0.3, 0.4) is 0 Å². The summed E-state index contributed by atoms with van der Waals surface area (Å²) in [6.07, 6.45) is 5.92. The number of rotatable bonds is 6. The lowest BCUT2D eigenvalue weighted by molar-refractivity contribution is 0.373. The second-order valence-corrected chi connectivity index (χ2v) is 10.6. The maximum atomic E-state index is 13.1. The SMILES string of the molecule is Cc1cc(Br)ccc1S(=O)(=O)Nc1c(NCC2CCCCC2)c2ccccc2oc1=O. The predicted molar refractivity (Wildman–Crippen MR) is 127 cm³/mol. The summed E-state index contributed by atoms with van der Waals surface area (Å²) in [7, 11) is -3.99. The van der Waals surface area contributed by atoms with Crippen molar-refractivity contribution >= 4 is 48.3 Å². The van der Waals surface area contributed by atoms with Crippen molar-refractivity contribution < 1.29 is 12.8 Å². The molecule has 0 atom stereocenters. The lowest BCUT2D eigenvalue weighted by atomic mass is 9.89. The van der Waals surface area contributed by atoms with Crippen LogP contribution in [0.2, 0.25) is 0 Å². The lowest BCUT2D eigenvalue weighted by Gasteiger charge is -2.23. The smallest absolute Gasteiger partial charge is 0.363 e. The Balaban J connectivity index is 1.75. The predicted octanol–water partition coefficient (Wildman–Crippen LogP) is 5.66. The van der Waals surface area contributed by atoms with Gasteiger partial charge in [0, 0.05) is 16.4 Å². The molecule has 8 heteroatoms. The Bertz CT molecular complexity index is 1260. The van der Waals surface area contributed by atoms with E-state index in [2.05, 4.69) is 26.0 Å². The maximum Gasteiger partial charge on any atom is 0.363 e. The highest BCUT2D eigenvalue weighted by molar-refractivity contribution is 9.10. The monoisotopic (exact) mass is 504 g/mol. The van der Waals surface area contributed by atoms with Crippen molar-refractivity contribution in [2.75, 3.05) is 16.6 Å². The van der Waals surface area contributed by atoms with Gasteiger partial charge in [0.1, 0.15) is 5.58 Å². The van der Waals surface area contributed by atoms with E-state index in [1.165, 1.54) is 25.3 Å². The van der Waals surface area contributed by atoms with Crippen LogP contribution in [0.15, 0.2) is 61.0 Å². The fourth-order valence-electron chi connectivity index (χ4n) is 4.17. The van der Waals surface area contributed by atoms with E-state index in [-0.39, 0.29) is 10.6 Å². The molecule has 2 aromatic carbocycles. The van der Waals surface area contributed by atoms with Gasteiger partial charge in [-0.2, -0.15) is 0 Å². The number of aryl methyl sites for hydroxylation is 1. The normalized spacial score (nSPS) is 15.2. The Kier molecular flexibility index (Phi) is 6.39. The van der Waals surface area contributed by atoms with E-state index in [0.29, 0.717) is 34.7 Å². The van der Waals surface area contributed by atoms with Crippen LogP contribution in [-0.2, 0) is 10.0 Å². The van der Waals surface area contributed by atoms with E-state index in [0.717, 1.165) is 17.3 Å². The van der Waals surface area contributed by atoms with E-state index in [1.807, 2.05) is 12.1 Å². The summed E-state index contributed by atoms with van der Waals surface area (Å²) in [5.74, 6) is 0.498. The largest absolute Gasteiger partial charge is 0.421 e. The van der Waals surface area contributed by atoms with Crippen molar-refractivity contribution in [3.05, 3.63) is 62.9 Å². The molecule has 0 radical (unpaired) electrons. The lowest BCUT2D eigenvalue weighted by Crippen LogP contribution is -2.23. The Hall–Kier alpha value is -2.32. The first-order valence-electron chi connectivity index (χ1n) is 10.4. The van der Waals surface area contributed by atoms with Gasteiger partial charge in [0.25, 0.3) is 10.0 Å². The molecule has 1 aromatic heterocycles. The molecule has 1 aliphatic carbocycles. The fraction of sp³-hybridized carbons (Fsp3) is 0.348. The molecule has 0 bridgehead atoms. The third-order valence-corrected chi connectivity index (χ3v) is 7.77. The Morgan fingerprint density at radius 3 is 2.55 bits per heavy atom. The van der Waals surface area contributed by atoms with Crippen molar-refractivity contribution in [3.63, 3.8) is 0 Å². The van der Waals surface area contributed by atoms with E-state index >= 15 is 0 Å². The molecule has 4 rings (SSSR count). The number of anilines is 2. The summed E-state index contributed by atoms with van der Waals surface area (Å²) in [4.78, 5) is 12.9. The first-order chi connectivity index (χ1) is 14.8. The van der Waals surface area contributed by atoms with E-state index in [4.69, 9.17) is 4.42 Å². The standard InChI is InChI=1S/C23H25BrN2O4S/c1-15-13-17(24)11-12-20(15)31(28,29)26-22-21(25-14-16-7-3-2-4-8-16)18-9-5-6-10-19(18)30-23(22)27/h5-6,9-13,16,25-26H,2-4,7-8,14H2,1H3. The Morgan fingerprint density at radius 1 is 1.06 bits per heavy atom. The first-order valence-corrected chi connectivity index (χ1v) is 12.7. The van der Waals surface area contributed by atoms with Crippen LogP contribution in [0.4, 0.5) is 11.4 Å². The van der Waals surface area contributed by atoms with Gasteiger partial charge in [-0.1, -0.05) is 47.3 Å². The molecular weight excluding hydrogens is 480 g/mol. The van der Waals surface area contributed by atoms with Gasteiger partial charge >= 0.3 is 5.63 Å². The Labute approximate surface area is 190 Å². The van der Waals surface area contributed by atoms with Crippen LogP contribution in [0, 0.1) is 12.8 Å². The molecule has 164 valence electrons. The molecular formula is C23H25BrN2O4S. The topological polar surface area (TPSA) is 88.4 Å². The molecule has 0 amide bonds. The van der Waals surface area contributed by atoms with Gasteiger partial charge < -0.3 is 9.73 Å². The number of fused-ring (bicyclic) bond motifs is 1. The maximum absolute atomic E-state index is 13.1. The fourth-order valence-corrected chi connectivity index (χ4v) is 5.94. The zero-order chi connectivity index (χ0) is 22.0. The number of nitrogens with one attached hydrogen (secondary N) is 2. The van der Waals surface area contributed by atoms with Crippen molar-refractivity contribution in [1.29, 1.82) is 0 Å². The average Bonchev–Trinajstić information content (AvgIpc) is 2.74.